The van der Waals surface area contributed by atoms with Gasteiger partial charge in [0.15, 0.2) is 0 Å². The minimum absolute atomic E-state index is 0.167. The van der Waals surface area contributed by atoms with E-state index in [-0.39, 0.29) is 11.7 Å². The minimum Gasteiger partial charge on any atom is -0.347 e. The molecule has 1 N–H and O–H groups in total. The average molecular weight is 414 g/mol. The molecule has 0 saturated heterocycles. The lowest BCUT2D eigenvalue weighted by atomic mass is 10.1. The van der Waals surface area contributed by atoms with Crippen LogP contribution in [0.25, 0.3) is 0 Å². The van der Waals surface area contributed by atoms with E-state index in [1.165, 1.54) is 26.2 Å². The Kier molecular flexibility index (Phi) is 7.34. The molecule has 0 aliphatic carbocycles. The summed E-state index contributed by atoms with van der Waals surface area (Å²) in [4.78, 5) is 13.7. The van der Waals surface area contributed by atoms with Crippen LogP contribution in [0.15, 0.2) is 41.8 Å². The van der Waals surface area contributed by atoms with Crippen molar-refractivity contribution >= 4 is 33.1 Å². The average Bonchev–Trinajstić information content (AvgIpc) is 3.14. The second-order valence-corrected chi connectivity index (χ2v) is 9.24. The Morgan fingerprint density at radius 2 is 1.89 bits per heavy atom. The topological polar surface area (TPSA) is 69.7 Å². The highest BCUT2D eigenvalue weighted by Gasteiger charge is 2.28. The zero-order valence-corrected chi connectivity index (χ0v) is 17.2. The summed E-state index contributed by atoms with van der Waals surface area (Å²) >= 11 is 1.54. The number of amides is 1. The molecule has 0 radical (unpaired) electrons. The summed E-state index contributed by atoms with van der Waals surface area (Å²) in [6, 6.07) is 8.70. The first-order valence-electron chi connectivity index (χ1n) is 8.54. The van der Waals surface area contributed by atoms with Crippen LogP contribution >= 0.6 is 11.3 Å². The van der Waals surface area contributed by atoms with Crippen molar-refractivity contribution in [1.82, 2.24) is 9.62 Å². The molecule has 1 aromatic heterocycles. The first-order chi connectivity index (χ1) is 12.8. The van der Waals surface area contributed by atoms with Gasteiger partial charge in [-0.1, -0.05) is 19.4 Å². The van der Waals surface area contributed by atoms with Crippen molar-refractivity contribution in [2.24, 2.45) is 0 Å². The molecule has 0 spiro atoms. The van der Waals surface area contributed by atoms with Crippen LogP contribution in [0.1, 0.15) is 30.7 Å². The zero-order chi connectivity index (χ0) is 20.0. The summed E-state index contributed by atoms with van der Waals surface area (Å²) < 4.78 is 40.6. The molecule has 0 bridgehead atoms. The second-order valence-electron chi connectivity index (χ2n) is 6.20. The maximum absolute atomic E-state index is 13.2. The summed E-state index contributed by atoms with van der Waals surface area (Å²) in [6.45, 7) is 1.63. The van der Waals surface area contributed by atoms with Gasteiger partial charge in [0, 0.05) is 19.0 Å². The predicted octanol–water partition coefficient (Wildman–Crippen LogP) is 3.16. The van der Waals surface area contributed by atoms with Crippen molar-refractivity contribution in [3.63, 3.8) is 0 Å². The third kappa shape index (κ3) is 5.50. The van der Waals surface area contributed by atoms with E-state index in [2.05, 4.69) is 5.32 Å². The third-order valence-electron chi connectivity index (χ3n) is 3.94. The van der Waals surface area contributed by atoms with Gasteiger partial charge < -0.3 is 5.32 Å². The number of carbonyl (C=O) groups excluding carboxylic acids is 1. The molecular weight excluding hydrogens is 389 g/mol. The number of halogens is 1. The number of hydrogen-bond donors (Lipinski definition) is 1. The fourth-order valence-electron chi connectivity index (χ4n) is 2.54. The number of nitrogens with one attached hydrogen (secondary N) is 1. The van der Waals surface area contributed by atoms with Crippen molar-refractivity contribution in [2.45, 2.75) is 25.8 Å². The minimum atomic E-state index is -3.92. The number of rotatable bonds is 9. The highest BCUT2D eigenvalue weighted by molar-refractivity contribution is 7.90. The van der Waals surface area contributed by atoms with Crippen molar-refractivity contribution in [1.29, 1.82) is 0 Å². The molecule has 1 aromatic carbocycles. The molecule has 1 amide bonds. The van der Waals surface area contributed by atoms with E-state index in [4.69, 9.17) is 0 Å². The van der Waals surface area contributed by atoms with Gasteiger partial charge in [-0.05, 0) is 42.1 Å². The quantitative estimate of drug-likeness (QED) is 0.687. The highest BCUT2D eigenvalue weighted by Crippen LogP contribution is 2.24. The predicted molar refractivity (Wildman–Crippen MR) is 106 cm³/mol. The number of nitrogens with zero attached hydrogens (tertiary/aromatic N) is 2. The maximum Gasteiger partial charge on any atom is 0.304 e. The van der Waals surface area contributed by atoms with Gasteiger partial charge in [-0.2, -0.15) is 12.7 Å². The Labute approximate surface area is 163 Å². The molecule has 2 aromatic rings. The fourth-order valence-corrected chi connectivity index (χ4v) is 4.42. The van der Waals surface area contributed by atoms with E-state index in [1.54, 1.807) is 11.3 Å². The van der Waals surface area contributed by atoms with Crippen LogP contribution in [0.5, 0.6) is 0 Å². The zero-order valence-electron chi connectivity index (χ0n) is 15.6. The summed E-state index contributed by atoms with van der Waals surface area (Å²) in [5, 5.41) is 4.85. The molecule has 0 fully saturated rings. The fraction of sp³-hybridized carbons (Fsp3) is 0.389. The molecule has 6 nitrogen and oxygen atoms in total. The lowest BCUT2D eigenvalue weighted by Gasteiger charge is -2.27. The van der Waals surface area contributed by atoms with E-state index >= 15 is 0 Å². The van der Waals surface area contributed by atoms with Crippen LogP contribution in [-0.4, -0.2) is 39.3 Å². The molecule has 0 aliphatic heterocycles. The SMILES string of the molecule is CCC[C@H](NC(=O)CN(c1ccc(F)cc1)S(=O)(=O)N(C)C)c1cccs1. The van der Waals surface area contributed by atoms with Crippen molar-refractivity contribution in [3.05, 3.63) is 52.5 Å². The van der Waals surface area contributed by atoms with E-state index < -0.39 is 28.5 Å². The third-order valence-corrected chi connectivity index (χ3v) is 6.75. The molecule has 9 heteroatoms. The van der Waals surface area contributed by atoms with Crippen molar-refractivity contribution in [3.8, 4) is 0 Å². The largest absolute Gasteiger partial charge is 0.347 e. The molecular formula is C18H24FN3O3S2. The van der Waals surface area contributed by atoms with Crippen LogP contribution in [0.2, 0.25) is 0 Å². The number of thiophene rings is 1. The smallest absolute Gasteiger partial charge is 0.304 e. The summed E-state index contributed by atoms with van der Waals surface area (Å²) in [5.74, 6) is -0.900. The molecule has 1 atom stereocenters. The number of hydrogen-bond acceptors (Lipinski definition) is 4. The molecule has 0 unspecified atom stereocenters. The molecule has 0 saturated carbocycles. The first kappa shape index (κ1) is 21.3. The Balaban J connectivity index is 2.23. The first-order valence-corrected chi connectivity index (χ1v) is 10.8. The molecule has 1 heterocycles. The molecule has 148 valence electrons. The standard InChI is InChI=1S/C18H24FN3O3S2/c1-4-6-16(17-7-5-12-26-17)20-18(23)13-22(27(24,25)21(2)3)15-10-8-14(19)9-11-15/h5,7-12,16H,4,6,13H2,1-3H3,(H,20,23)/t16-/m0/s1. The Bertz CT molecular complexity index is 837. The van der Waals surface area contributed by atoms with E-state index in [0.29, 0.717) is 0 Å². The van der Waals surface area contributed by atoms with Gasteiger partial charge in [0.05, 0.1) is 11.7 Å². The number of anilines is 1. The molecule has 2 rings (SSSR count). The lowest BCUT2D eigenvalue weighted by molar-refractivity contribution is -0.120. The van der Waals surface area contributed by atoms with Crippen molar-refractivity contribution in [2.75, 3.05) is 24.9 Å². The molecule has 0 aliphatic rings. The Hall–Kier alpha value is -1.97. The molecule has 27 heavy (non-hydrogen) atoms. The number of benzene rings is 1. The number of carbonyl (C=O) groups is 1. The normalized spacial score (nSPS) is 12.8. The van der Waals surface area contributed by atoms with Gasteiger partial charge in [0.25, 0.3) is 0 Å². The van der Waals surface area contributed by atoms with Gasteiger partial charge in [0.1, 0.15) is 12.4 Å². The van der Waals surface area contributed by atoms with Gasteiger partial charge in [-0.15, -0.1) is 11.3 Å². The Morgan fingerprint density at radius 1 is 1.22 bits per heavy atom. The summed E-state index contributed by atoms with van der Waals surface area (Å²) in [5.41, 5.74) is 0.225. The van der Waals surface area contributed by atoms with E-state index in [0.717, 1.165) is 38.5 Å². The van der Waals surface area contributed by atoms with Crippen LogP contribution in [-0.2, 0) is 15.0 Å². The second kappa shape index (κ2) is 9.29. The van der Waals surface area contributed by atoms with E-state index in [9.17, 15) is 17.6 Å². The van der Waals surface area contributed by atoms with Crippen LogP contribution in [0.3, 0.4) is 0 Å². The van der Waals surface area contributed by atoms with Crippen LogP contribution in [0.4, 0.5) is 10.1 Å². The lowest BCUT2D eigenvalue weighted by Crippen LogP contribution is -2.46. The highest BCUT2D eigenvalue weighted by atomic mass is 32.2. The summed E-state index contributed by atoms with van der Waals surface area (Å²) in [6.07, 6.45) is 1.63. The van der Waals surface area contributed by atoms with Crippen LogP contribution in [0, 0.1) is 5.82 Å². The van der Waals surface area contributed by atoms with E-state index in [1.807, 2.05) is 24.4 Å². The summed E-state index contributed by atoms with van der Waals surface area (Å²) in [7, 11) is -1.15. The van der Waals surface area contributed by atoms with Gasteiger partial charge in [-0.3, -0.25) is 4.79 Å². The maximum atomic E-state index is 13.2. The van der Waals surface area contributed by atoms with Crippen LogP contribution < -0.4 is 9.62 Å². The van der Waals surface area contributed by atoms with Gasteiger partial charge in [0.2, 0.25) is 5.91 Å². The Morgan fingerprint density at radius 3 is 2.41 bits per heavy atom. The monoisotopic (exact) mass is 413 g/mol. The van der Waals surface area contributed by atoms with Gasteiger partial charge >= 0.3 is 10.2 Å². The van der Waals surface area contributed by atoms with Crippen molar-refractivity contribution < 1.29 is 17.6 Å². The van der Waals surface area contributed by atoms with Gasteiger partial charge in [-0.25, -0.2) is 8.70 Å².